The van der Waals surface area contributed by atoms with E-state index in [0.717, 1.165) is 11.3 Å². The van der Waals surface area contributed by atoms with Crippen LogP contribution in [0.2, 0.25) is 5.02 Å². The molecule has 0 aromatic heterocycles. The van der Waals surface area contributed by atoms with Gasteiger partial charge in [-0.3, -0.25) is 0 Å². The van der Waals surface area contributed by atoms with Crippen molar-refractivity contribution in [2.75, 3.05) is 11.9 Å². The molecule has 0 radical (unpaired) electrons. The topological polar surface area (TPSA) is 61.8 Å². The van der Waals surface area contributed by atoms with Gasteiger partial charge < -0.3 is 15.8 Å². The number of anilines is 1. The average Bonchev–Trinajstić information content (AvgIpc) is 2.49. The molecule has 6 heteroatoms. The number of amidine groups is 1. The van der Waals surface area contributed by atoms with Gasteiger partial charge in [0.1, 0.15) is 5.82 Å². The third kappa shape index (κ3) is 3.44. The normalized spacial score (nSPS) is 11.5. The van der Waals surface area contributed by atoms with Gasteiger partial charge in [-0.05, 0) is 29.8 Å². The molecule has 0 atom stereocenters. The highest BCUT2D eigenvalue weighted by molar-refractivity contribution is 6.31. The lowest BCUT2D eigenvalue weighted by Gasteiger charge is -2.22. The van der Waals surface area contributed by atoms with Crippen LogP contribution in [0, 0.1) is 5.82 Å². The fourth-order valence-corrected chi connectivity index (χ4v) is 2.29. The quantitative estimate of drug-likeness (QED) is 0.394. The zero-order valence-corrected chi connectivity index (χ0v) is 12.2. The third-order valence-corrected chi connectivity index (χ3v) is 3.47. The standard InChI is InChI=1S/C15H15ClFN3O/c1-20(9-10-6-7-11(17)8-13(10)16)14-5-3-2-4-12(14)15(18)19-21/h2-8,21H,9H2,1H3,(H2,18,19). The molecule has 0 fully saturated rings. The molecule has 110 valence electrons. The van der Waals surface area contributed by atoms with Crippen molar-refractivity contribution in [1.29, 1.82) is 0 Å². The number of hydrogen-bond donors (Lipinski definition) is 2. The molecule has 0 aliphatic rings. The summed E-state index contributed by atoms with van der Waals surface area (Å²) in [7, 11) is 1.85. The van der Waals surface area contributed by atoms with Crippen LogP contribution < -0.4 is 10.6 Å². The average molecular weight is 308 g/mol. The lowest BCUT2D eigenvalue weighted by atomic mass is 10.1. The summed E-state index contributed by atoms with van der Waals surface area (Å²) in [6.07, 6.45) is 0. The molecule has 2 rings (SSSR count). The molecule has 0 bridgehead atoms. The van der Waals surface area contributed by atoms with Gasteiger partial charge in [-0.15, -0.1) is 0 Å². The largest absolute Gasteiger partial charge is 0.409 e. The third-order valence-electron chi connectivity index (χ3n) is 3.12. The fraction of sp³-hybridized carbons (Fsp3) is 0.133. The van der Waals surface area contributed by atoms with Gasteiger partial charge in [0.25, 0.3) is 0 Å². The molecule has 0 saturated carbocycles. The van der Waals surface area contributed by atoms with Gasteiger partial charge in [0.15, 0.2) is 5.84 Å². The summed E-state index contributed by atoms with van der Waals surface area (Å²) in [5, 5.41) is 12.2. The maximum absolute atomic E-state index is 13.1. The summed E-state index contributed by atoms with van der Waals surface area (Å²) in [6.45, 7) is 0.467. The van der Waals surface area contributed by atoms with Crippen molar-refractivity contribution in [1.82, 2.24) is 0 Å². The first-order valence-corrected chi connectivity index (χ1v) is 6.62. The number of nitrogens with zero attached hydrogens (tertiary/aromatic N) is 2. The highest BCUT2D eigenvalue weighted by Crippen LogP contribution is 2.24. The smallest absolute Gasteiger partial charge is 0.172 e. The molecule has 4 nitrogen and oxygen atoms in total. The van der Waals surface area contributed by atoms with E-state index in [1.54, 1.807) is 18.2 Å². The van der Waals surface area contributed by atoms with E-state index in [0.29, 0.717) is 17.1 Å². The number of oxime groups is 1. The van der Waals surface area contributed by atoms with Crippen LogP contribution in [0.5, 0.6) is 0 Å². The van der Waals surface area contributed by atoms with Crippen molar-refractivity contribution in [3.05, 3.63) is 64.4 Å². The maximum Gasteiger partial charge on any atom is 0.172 e. The second kappa shape index (κ2) is 6.45. The van der Waals surface area contributed by atoms with E-state index in [-0.39, 0.29) is 11.7 Å². The number of halogens is 2. The Hall–Kier alpha value is -2.27. The Morgan fingerprint density at radius 1 is 1.33 bits per heavy atom. The van der Waals surface area contributed by atoms with Crippen molar-refractivity contribution in [2.45, 2.75) is 6.54 Å². The molecular weight excluding hydrogens is 293 g/mol. The van der Waals surface area contributed by atoms with Gasteiger partial charge >= 0.3 is 0 Å². The van der Waals surface area contributed by atoms with Crippen molar-refractivity contribution in [3.63, 3.8) is 0 Å². The van der Waals surface area contributed by atoms with E-state index >= 15 is 0 Å². The fourth-order valence-electron chi connectivity index (χ4n) is 2.07. The first-order chi connectivity index (χ1) is 10.0. The summed E-state index contributed by atoms with van der Waals surface area (Å²) in [5.41, 5.74) is 7.86. The van der Waals surface area contributed by atoms with Crippen LogP contribution in [0.3, 0.4) is 0 Å². The minimum Gasteiger partial charge on any atom is -0.409 e. The second-order valence-corrected chi connectivity index (χ2v) is 5.00. The Kier molecular flexibility index (Phi) is 4.65. The Balaban J connectivity index is 2.30. The molecule has 0 saturated heterocycles. The minimum atomic E-state index is -0.372. The molecule has 3 N–H and O–H groups in total. The molecule has 0 aliphatic heterocycles. The van der Waals surface area contributed by atoms with E-state index in [9.17, 15) is 4.39 Å². The van der Waals surface area contributed by atoms with Gasteiger partial charge in [0.05, 0.1) is 0 Å². The SMILES string of the molecule is CN(Cc1ccc(F)cc1Cl)c1ccccc1/C(N)=N/O. The predicted molar refractivity (Wildman–Crippen MR) is 82.5 cm³/mol. The highest BCUT2D eigenvalue weighted by Gasteiger charge is 2.12. The van der Waals surface area contributed by atoms with Crippen LogP contribution in [0.4, 0.5) is 10.1 Å². The van der Waals surface area contributed by atoms with Gasteiger partial charge in [-0.25, -0.2) is 4.39 Å². The molecule has 0 amide bonds. The van der Waals surface area contributed by atoms with E-state index in [2.05, 4.69) is 5.16 Å². The molecule has 0 unspecified atom stereocenters. The van der Waals surface area contributed by atoms with Gasteiger partial charge in [-0.1, -0.05) is 35.0 Å². The molecule has 0 aliphatic carbocycles. The molecule has 2 aromatic carbocycles. The van der Waals surface area contributed by atoms with Crippen LogP contribution in [-0.4, -0.2) is 18.1 Å². The Labute approximate surface area is 127 Å². The van der Waals surface area contributed by atoms with Gasteiger partial charge in [0, 0.05) is 29.9 Å². The van der Waals surface area contributed by atoms with Crippen molar-refractivity contribution >= 4 is 23.1 Å². The van der Waals surface area contributed by atoms with Crippen LogP contribution in [0.1, 0.15) is 11.1 Å². The van der Waals surface area contributed by atoms with Crippen LogP contribution >= 0.6 is 11.6 Å². The number of hydrogen-bond acceptors (Lipinski definition) is 3. The maximum atomic E-state index is 13.1. The number of rotatable bonds is 4. The number of nitrogens with two attached hydrogens (primary N) is 1. The Morgan fingerprint density at radius 2 is 2.05 bits per heavy atom. The molecule has 21 heavy (non-hydrogen) atoms. The van der Waals surface area contributed by atoms with E-state index in [1.807, 2.05) is 24.1 Å². The van der Waals surface area contributed by atoms with Crippen molar-refractivity contribution in [3.8, 4) is 0 Å². The summed E-state index contributed by atoms with van der Waals surface area (Å²) in [6, 6.07) is 11.5. The summed E-state index contributed by atoms with van der Waals surface area (Å²) < 4.78 is 13.1. The minimum absolute atomic E-state index is 0.0302. The summed E-state index contributed by atoms with van der Waals surface area (Å²) >= 11 is 6.04. The van der Waals surface area contributed by atoms with E-state index < -0.39 is 0 Å². The number of para-hydroxylation sites is 1. The van der Waals surface area contributed by atoms with Crippen LogP contribution in [0.15, 0.2) is 47.6 Å². The lowest BCUT2D eigenvalue weighted by molar-refractivity contribution is 0.318. The first kappa shape index (κ1) is 15.1. The lowest BCUT2D eigenvalue weighted by Crippen LogP contribution is -2.22. The zero-order valence-electron chi connectivity index (χ0n) is 11.4. The van der Waals surface area contributed by atoms with Crippen LogP contribution in [-0.2, 0) is 6.54 Å². The molecule has 0 heterocycles. The monoisotopic (exact) mass is 307 g/mol. The molecular formula is C15H15ClFN3O. The Bertz CT molecular complexity index is 676. The van der Waals surface area contributed by atoms with E-state index in [1.165, 1.54) is 12.1 Å². The predicted octanol–water partition coefficient (Wildman–Crippen LogP) is 3.21. The van der Waals surface area contributed by atoms with Crippen LogP contribution in [0.25, 0.3) is 0 Å². The number of benzene rings is 2. The zero-order chi connectivity index (χ0) is 15.4. The summed E-state index contributed by atoms with van der Waals surface area (Å²) in [5.74, 6) is -0.342. The first-order valence-electron chi connectivity index (χ1n) is 6.25. The Morgan fingerprint density at radius 3 is 2.71 bits per heavy atom. The highest BCUT2D eigenvalue weighted by atomic mass is 35.5. The van der Waals surface area contributed by atoms with E-state index in [4.69, 9.17) is 22.5 Å². The van der Waals surface area contributed by atoms with Gasteiger partial charge in [-0.2, -0.15) is 0 Å². The summed E-state index contributed by atoms with van der Waals surface area (Å²) in [4.78, 5) is 1.90. The molecule has 0 spiro atoms. The van der Waals surface area contributed by atoms with Crippen molar-refractivity contribution in [2.24, 2.45) is 10.9 Å². The van der Waals surface area contributed by atoms with Gasteiger partial charge in [0.2, 0.25) is 0 Å². The van der Waals surface area contributed by atoms with Crippen molar-refractivity contribution < 1.29 is 9.60 Å². The molecule has 2 aromatic rings. The second-order valence-electron chi connectivity index (χ2n) is 4.59.